The Labute approximate surface area is 124 Å². The van der Waals surface area contributed by atoms with Gasteiger partial charge in [-0.15, -0.1) is 0 Å². The summed E-state index contributed by atoms with van der Waals surface area (Å²) in [6.45, 7) is 13.1. The van der Waals surface area contributed by atoms with Gasteiger partial charge in [-0.1, -0.05) is 33.6 Å². The summed E-state index contributed by atoms with van der Waals surface area (Å²) in [4.78, 5) is 11.9. The van der Waals surface area contributed by atoms with Crippen molar-refractivity contribution in [2.45, 2.75) is 91.3 Å². The zero-order valence-corrected chi connectivity index (χ0v) is 14.2. The third kappa shape index (κ3) is 6.36. The lowest BCUT2D eigenvalue weighted by molar-refractivity contribution is -0.128. The molecule has 20 heavy (non-hydrogen) atoms. The van der Waals surface area contributed by atoms with Crippen molar-refractivity contribution in [1.29, 1.82) is 0 Å². The first-order chi connectivity index (χ1) is 9.09. The summed E-state index contributed by atoms with van der Waals surface area (Å²) in [5.41, 5.74) is -0.135. The molecule has 118 valence electrons. The van der Waals surface area contributed by atoms with Gasteiger partial charge in [0, 0.05) is 23.4 Å². The molecule has 0 amide bonds. The minimum absolute atomic E-state index is 0.116. The minimum Gasteiger partial charge on any atom is -0.376 e. The Morgan fingerprint density at radius 2 is 1.70 bits per heavy atom. The second kappa shape index (κ2) is 7.04. The lowest BCUT2D eigenvalue weighted by Crippen LogP contribution is -2.51. The molecule has 0 aromatic heterocycles. The Bertz CT molecular complexity index is 312. The van der Waals surface area contributed by atoms with Crippen molar-refractivity contribution in [1.82, 2.24) is 5.32 Å². The number of hydrogen-bond donors (Lipinski definition) is 1. The van der Waals surface area contributed by atoms with Gasteiger partial charge < -0.3 is 10.1 Å². The van der Waals surface area contributed by atoms with Gasteiger partial charge in [0.05, 0.1) is 12.7 Å². The van der Waals surface area contributed by atoms with Gasteiger partial charge in [-0.05, 0) is 33.6 Å². The van der Waals surface area contributed by atoms with Crippen molar-refractivity contribution in [3.8, 4) is 0 Å². The van der Waals surface area contributed by atoms with E-state index in [1.165, 1.54) is 19.3 Å². The van der Waals surface area contributed by atoms with Crippen LogP contribution in [0.2, 0.25) is 0 Å². The number of carbonyl (C=O) groups is 1. The van der Waals surface area contributed by atoms with Gasteiger partial charge in [-0.25, -0.2) is 0 Å². The zero-order chi connectivity index (χ0) is 15.4. The molecular weight excluding hydrogens is 250 g/mol. The molecule has 0 bridgehead atoms. The van der Waals surface area contributed by atoms with Gasteiger partial charge in [0.25, 0.3) is 0 Å². The summed E-state index contributed by atoms with van der Waals surface area (Å²) >= 11 is 0. The maximum Gasteiger partial charge on any atom is 0.140 e. The average Bonchev–Trinajstić information content (AvgIpc) is 2.28. The molecule has 1 N–H and O–H groups in total. The molecule has 2 atom stereocenters. The number of rotatable bonds is 5. The van der Waals surface area contributed by atoms with E-state index >= 15 is 0 Å². The van der Waals surface area contributed by atoms with Crippen molar-refractivity contribution < 1.29 is 9.53 Å². The van der Waals surface area contributed by atoms with Gasteiger partial charge in [0.2, 0.25) is 0 Å². The highest BCUT2D eigenvalue weighted by atomic mass is 16.5. The van der Waals surface area contributed by atoms with Crippen molar-refractivity contribution in [3.63, 3.8) is 0 Å². The normalized spacial score (nSPS) is 24.7. The Balaban J connectivity index is 2.41. The molecule has 1 fully saturated rings. The van der Waals surface area contributed by atoms with Gasteiger partial charge in [0.1, 0.15) is 5.78 Å². The number of carbonyl (C=O) groups excluding carboxylic acids is 1. The topological polar surface area (TPSA) is 38.3 Å². The standard InChI is InChI=1S/C17H33NO2/c1-16(2,3)15(19)11-12-20-14-10-8-7-9-13(14)18-17(4,5)6/h13-14,18H,7-12H2,1-6H3. The monoisotopic (exact) mass is 283 g/mol. The molecule has 3 nitrogen and oxygen atoms in total. The molecule has 0 saturated heterocycles. The molecule has 1 aliphatic carbocycles. The highest BCUT2D eigenvalue weighted by Gasteiger charge is 2.29. The van der Waals surface area contributed by atoms with Crippen LogP contribution in [0.15, 0.2) is 0 Å². The third-order valence-corrected chi connectivity index (χ3v) is 3.82. The fraction of sp³-hybridized carbons (Fsp3) is 0.941. The van der Waals surface area contributed by atoms with Crippen molar-refractivity contribution in [3.05, 3.63) is 0 Å². The van der Waals surface area contributed by atoms with Crippen molar-refractivity contribution in [2.24, 2.45) is 5.41 Å². The average molecular weight is 283 g/mol. The van der Waals surface area contributed by atoms with Crippen LogP contribution in [-0.4, -0.2) is 30.1 Å². The lowest BCUT2D eigenvalue weighted by atomic mass is 9.89. The van der Waals surface area contributed by atoms with Crippen LogP contribution in [0.5, 0.6) is 0 Å². The number of nitrogens with one attached hydrogen (secondary N) is 1. The van der Waals surface area contributed by atoms with E-state index in [2.05, 4.69) is 26.1 Å². The summed E-state index contributed by atoms with van der Waals surface area (Å²) in [7, 11) is 0. The fourth-order valence-electron chi connectivity index (χ4n) is 2.70. The Morgan fingerprint density at radius 3 is 2.25 bits per heavy atom. The molecule has 0 aromatic carbocycles. The van der Waals surface area contributed by atoms with Gasteiger partial charge >= 0.3 is 0 Å². The number of hydrogen-bond acceptors (Lipinski definition) is 3. The molecule has 2 unspecified atom stereocenters. The van der Waals surface area contributed by atoms with Crippen LogP contribution in [0.3, 0.4) is 0 Å². The van der Waals surface area contributed by atoms with Crippen LogP contribution in [0.4, 0.5) is 0 Å². The molecule has 1 aliphatic rings. The van der Waals surface area contributed by atoms with Crippen LogP contribution >= 0.6 is 0 Å². The Morgan fingerprint density at radius 1 is 1.10 bits per heavy atom. The molecular formula is C17H33NO2. The summed E-state index contributed by atoms with van der Waals surface area (Å²) in [5, 5.41) is 3.67. The number of Topliss-reactive ketones (excluding diaryl/α,β-unsaturated/α-hetero) is 1. The first-order valence-corrected chi connectivity index (χ1v) is 8.02. The second-order valence-electron chi connectivity index (χ2n) is 8.12. The van der Waals surface area contributed by atoms with Crippen LogP contribution in [0.25, 0.3) is 0 Å². The van der Waals surface area contributed by atoms with E-state index in [4.69, 9.17) is 4.74 Å². The Kier molecular flexibility index (Phi) is 6.21. The van der Waals surface area contributed by atoms with E-state index in [9.17, 15) is 4.79 Å². The van der Waals surface area contributed by atoms with Gasteiger partial charge in [-0.3, -0.25) is 4.79 Å². The first kappa shape index (κ1) is 17.6. The molecule has 0 spiro atoms. The molecule has 0 aliphatic heterocycles. The molecule has 1 saturated carbocycles. The van der Waals surface area contributed by atoms with Crippen LogP contribution < -0.4 is 5.32 Å². The van der Waals surface area contributed by atoms with Crippen molar-refractivity contribution in [2.75, 3.05) is 6.61 Å². The van der Waals surface area contributed by atoms with Crippen molar-refractivity contribution >= 4 is 5.78 Å². The fourth-order valence-corrected chi connectivity index (χ4v) is 2.70. The number of ketones is 1. The predicted octanol–water partition coefficient (Wildman–Crippen LogP) is 3.71. The first-order valence-electron chi connectivity index (χ1n) is 8.02. The Hall–Kier alpha value is -0.410. The van der Waals surface area contributed by atoms with Gasteiger partial charge in [0.15, 0.2) is 0 Å². The smallest absolute Gasteiger partial charge is 0.140 e. The summed E-state index contributed by atoms with van der Waals surface area (Å²) in [6, 6.07) is 0.425. The maximum atomic E-state index is 11.9. The van der Waals surface area contributed by atoms with E-state index in [0.717, 1.165) is 6.42 Å². The maximum absolute atomic E-state index is 11.9. The summed E-state index contributed by atoms with van der Waals surface area (Å²) < 4.78 is 6.02. The zero-order valence-electron chi connectivity index (χ0n) is 14.2. The van der Waals surface area contributed by atoms with E-state index < -0.39 is 0 Å². The van der Waals surface area contributed by atoms with Gasteiger partial charge in [-0.2, -0.15) is 0 Å². The molecule has 0 heterocycles. The summed E-state index contributed by atoms with van der Waals surface area (Å²) in [5.74, 6) is 0.286. The van der Waals surface area contributed by atoms with Crippen LogP contribution in [0, 0.1) is 5.41 Å². The highest BCUT2D eigenvalue weighted by molar-refractivity contribution is 5.83. The van der Waals surface area contributed by atoms with Crippen LogP contribution in [0.1, 0.15) is 73.6 Å². The van der Waals surface area contributed by atoms with E-state index in [1.54, 1.807) is 0 Å². The summed E-state index contributed by atoms with van der Waals surface area (Å²) in [6.07, 6.45) is 5.58. The molecule has 3 heteroatoms. The number of ether oxygens (including phenoxy) is 1. The molecule has 1 rings (SSSR count). The minimum atomic E-state index is -0.251. The predicted molar refractivity (Wildman–Crippen MR) is 84.0 cm³/mol. The third-order valence-electron chi connectivity index (χ3n) is 3.82. The molecule has 0 radical (unpaired) electrons. The highest BCUT2D eigenvalue weighted by Crippen LogP contribution is 2.24. The SMILES string of the molecule is CC(C)(C)NC1CCCCC1OCCC(=O)C(C)(C)C. The van der Waals surface area contributed by atoms with E-state index in [1.807, 2.05) is 20.8 Å². The quantitative estimate of drug-likeness (QED) is 0.836. The largest absolute Gasteiger partial charge is 0.376 e. The van der Waals surface area contributed by atoms with E-state index in [0.29, 0.717) is 19.1 Å². The van der Waals surface area contributed by atoms with E-state index in [-0.39, 0.29) is 22.8 Å². The second-order valence-corrected chi connectivity index (χ2v) is 8.12. The lowest BCUT2D eigenvalue weighted by Gasteiger charge is -2.37. The molecule has 0 aromatic rings. The van der Waals surface area contributed by atoms with Crippen LogP contribution in [-0.2, 0) is 9.53 Å².